The predicted octanol–water partition coefficient (Wildman–Crippen LogP) is 2.45. The van der Waals surface area contributed by atoms with E-state index in [4.69, 9.17) is 9.84 Å². The Morgan fingerprint density at radius 2 is 1.10 bits per heavy atom. The van der Waals surface area contributed by atoms with Gasteiger partial charge in [-0.05, 0) is 6.42 Å². The second kappa shape index (κ2) is 19.2. The van der Waals surface area contributed by atoms with Gasteiger partial charge in [0.05, 0.1) is 6.61 Å². The molecule has 0 spiro atoms. The number of ether oxygens (including phenoxy) is 1. The molecule has 0 bridgehead atoms. The highest BCUT2D eigenvalue weighted by molar-refractivity contribution is 5.69. The van der Waals surface area contributed by atoms with Crippen molar-refractivity contribution in [2.75, 3.05) is 13.2 Å². The Hall–Kier alpha value is -0.730. The number of aliphatic hydroxyl groups excluding tert-OH is 5. The number of esters is 1. The largest absolute Gasteiger partial charge is 0.463 e. The quantitative estimate of drug-likeness (QED) is 0.151. The molecule has 0 amide bonds. The first kappa shape index (κ1) is 28.3. The summed E-state index contributed by atoms with van der Waals surface area (Å²) in [7, 11) is 0. The second-order valence-electron chi connectivity index (χ2n) is 7.97. The number of unbranched alkanes of at least 4 members (excludes halogenated alkanes) is 12. The van der Waals surface area contributed by atoms with Crippen LogP contribution in [-0.4, -0.2) is 69.1 Å². The Morgan fingerprint density at radius 3 is 1.55 bits per heavy atom. The Kier molecular flexibility index (Phi) is 18.8. The monoisotopic (exact) mass is 420 g/mol. The standard InChI is InChI=1S/C22H44O7/c1-2-3-4-5-6-7-8-9-10-11-12-13-14-15-20(26)29-17-19(25)22(28)21(27)18(24)16-23/h18-19,21-25,27-28H,2-17H2,1H3/t18-,19-,21-,22-/m0/s1. The fourth-order valence-electron chi connectivity index (χ4n) is 3.20. The van der Waals surface area contributed by atoms with Crippen molar-refractivity contribution in [2.45, 2.75) is 121 Å². The van der Waals surface area contributed by atoms with E-state index >= 15 is 0 Å². The van der Waals surface area contributed by atoms with E-state index in [1.54, 1.807) is 0 Å². The molecular weight excluding hydrogens is 376 g/mol. The summed E-state index contributed by atoms with van der Waals surface area (Å²) < 4.78 is 4.89. The number of hydrogen-bond acceptors (Lipinski definition) is 7. The first-order valence-electron chi connectivity index (χ1n) is 11.4. The van der Waals surface area contributed by atoms with Gasteiger partial charge in [-0.1, -0.05) is 84.0 Å². The van der Waals surface area contributed by atoms with E-state index in [1.807, 2.05) is 0 Å². The van der Waals surface area contributed by atoms with Crippen molar-refractivity contribution in [3.05, 3.63) is 0 Å². The average Bonchev–Trinajstić information content (AvgIpc) is 2.73. The summed E-state index contributed by atoms with van der Waals surface area (Å²) in [6.07, 6.45) is 9.61. The van der Waals surface area contributed by atoms with Crippen LogP contribution < -0.4 is 0 Å². The van der Waals surface area contributed by atoms with E-state index in [1.165, 1.54) is 64.2 Å². The molecule has 0 fully saturated rings. The SMILES string of the molecule is CCCCCCCCCCCCCCCC(=O)OC[C@H](O)[C@H](O)[C@@H](O)[C@@H](O)CO. The van der Waals surface area contributed by atoms with Crippen molar-refractivity contribution < 1.29 is 35.1 Å². The highest BCUT2D eigenvalue weighted by Gasteiger charge is 2.30. The molecule has 0 aromatic carbocycles. The molecule has 0 heterocycles. The zero-order valence-corrected chi connectivity index (χ0v) is 18.2. The van der Waals surface area contributed by atoms with Crippen molar-refractivity contribution in [1.82, 2.24) is 0 Å². The Bertz CT molecular complexity index is 378. The number of rotatable bonds is 20. The minimum Gasteiger partial charge on any atom is -0.463 e. The fourth-order valence-corrected chi connectivity index (χ4v) is 3.20. The molecule has 174 valence electrons. The summed E-state index contributed by atoms with van der Waals surface area (Å²) in [5.41, 5.74) is 0. The molecule has 0 saturated heterocycles. The van der Waals surface area contributed by atoms with Gasteiger partial charge in [-0.2, -0.15) is 0 Å². The molecule has 29 heavy (non-hydrogen) atoms. The van der Waals surface area contributed by atoms with Crippen LogP contribution in [0.3, 0.4) is 0 Å². The van der Waals surface area contributed by atoms with Crippen LogP contribution in [0, 0.1) is 0 Å². The summed E-state index contributed by atoms with van der Waals surface area (Å²) in [6, 6.07) is 0. The highest BCUT2D eigenvalue weighted by atomic mass is 16.5. The summed E-state index contributed by atoms with van der Waals surface area (Å²) in [5.74, 6) is -0.462. The van der Waals surface area contributed by atoms with E-state index in [-0.39, 0.29) is 6.42 Å². The molecule has 0 aliphatic rings. The third-order valence-corrected chi connectivity index (χ3v) is 5.22. The number of hydrogen-bond donors (Lipinski definition) is 5. The minimum absolute atomic E-state index is 0.252. The van der Waals surface area contributed by atoms with Crippen molar-refractivity contribution >= 4 is 5.97 Å². The van der Waals surface area contributed by atoms with E-state index in [2.05, 4.69) is 6.92 Å². The van der Waals surface area contributed by atoms with Gasteiger partial charge in [0.25, 0.3) is 0 Å². The van der Waals surface area contributed by atoms with Gasteiger partial charge in [0.15, 0.2) is 0 Å². The van der Waals surface area contributed by atoms with E-state index < -0.39 is 43.6 Å². The van der Waals surface area contributed by atoms with Crippen molar-refractivity contribution in [2.24, 2.45) is 0 Å². The van der Waals surface area contributed by atoms with Crippen LogP contribution in [0.15, 0.2) is 0 Å². The van der Waals surface area contributed by atoms with Crippen LogP contribution in [0.4, 0.5) is 0 Å². The first-order chi connectivity index (χ1) is 13.9. The van der Waals surface area contributed by atoms with Gasteiger partial charge in [-0.15, -0.1) is 0 Å². The lowest BCUT2D eigenvalue weighted by Crippen LogP contribution is -2.47. The lowest BCUT2D eigenvalue weighted by Gasteiger charge is -2.25. The zero-order chi connectivity index (χ0) is 21.9. The third kappa shape index (κ3) is 15.7. The van der Waals surface area contributed by atoms with Gasteiger partial charge in [0, 0.05) is 6.42 Å². The van der Waals surface area contributed by atoms with Gasteiger partial charge in [0.1, 0.15) is 31.0 Å². The topological polar surface area (TPSA) is 127 Å². The molecule has 0 aliphatic carbocycles. The van der Waals surface area contributed by atoms with Gasteiger partial charge < -0.3 is 30.3 Å². The fraction of sp³-hybridized carbons (Fsp3) is 0.955. The molecule has 0 unspecified atom stereocenters. The van der Waals surface area contributed by atoms with Crippen LogP contribution in [-0.2, 0) is 9.53 Å². The summed E-state index contributed by atoms with van der Waals surface area (Å²) in [4.78, 5) is 11.7. The summed E-state index contributed by atoms with van der Waals surface area (Å²) in [5, 5.41) is 46.8. The van der Waals surface area contributed by atoms with Crippen LogP contribution in [0.5, 0.6) is 0 Å². The first-order valence-corrected chi connectivity index (χ1v) is 11.4. The zero-order valence-electron chi connectivity index (χ0n) is 18.2. The van der Waals surface area contributed by atoms with Crippen molar-refractivity contribution in [3.8, 4) is 0 Å². The Labute approximate surface area is 176 Å². The Balaban J connectivity index is 3.52. The van der Waals surface area contributed by atoms with Crippen molar-refractivity contribution in [1.29, 1.82) is 0 Å². The van der Waals surface area contributed by atoms with E-state index in [0.29, 0.717) is 0 Å². The normalized spacial score (nSPS) is 15.7. The maximum absolute atomic E-state index is 11.7. The van der Waals surface area contributed by atoms with Crippen LogP contribution in [0.1, 0.15) is 96.8 Å². The Morgan fingerprint density at radius 1 is 0.690 bits per heavy atom. The third-order valence-electron chi connectivity index (χ3n) is 5.22. The van der Waals surface area contributed by atoms with Crippen molar-refractivity contribution in [3.63, 3.8) is 0 Å². The van der Waals surface area contributed by atoms with E-state index in [0.717, 1.165) is 19.3 Å². The number of carbonyl (C=O) groups is 1. The molecule has 0 aromatic rings. The second-order valence-corrected chi connectivity index (χ2v) is 7.97. The van der Waals surface area contributed by atoms with Gasteiger partial charge >= 0.3 is 5.97 Å². The lowest BCUT2D eigenvalue weighted by atomic mass is 10.0. The molecule has 0 radical (unpaired) electrons. The molecule has 0 aliphatic heterocycles. The number of carbonyl (C=O) groups excluding carboxylic acids is 1. The molecule has 5 N–H and O–H groups in total. The van der Waals surface area contributed by atoms with Gasteiger partial charge in [0.2, 0.25) is 0 Å². The average molecular weight is 421 g/mol. The van der Waals surface area contributed by atoms with Crippen LogP contribution in [0.2, 0.25) is 0 Å². The maximum atomic E-state index is 11.7. The minimum atomic E-state index is -1.71. The molecular formula is C22H44O7. The maximum Gasteiger partial charge on any atom is 0.305 e. The summed E-state index contributed by atoms with van der Waals surface area (Å²) in [6.45, 7) is 1.03. The van der Waals surface area contributed by atoms with Gasteiger partial charge in [-0.3, -0.25) is 4.79 Å². The molecule has 0 rings (SSSR count). The van der Waals surface area contributed by atoms with Gasteiger partial charge in [-0.25, -0.2) is 0 Å². The predicted molar refractivity (Wildman–Crippen MR) is 112 cm³/mol. The molecule has 0 aromatic heterocycles. The smallest absolute Gasteiger partial charge is 0.305 e. The summed E-state index contributed by atoms with van der Waals surface area (Å²) >= 11 is 0. The molecule has 4 atom stereocenters. The highest BCUT2D eigenvalue weighted by Crippen LogP contribution is 2.13. The lowest BCUT2D eigenvalue weighted by molar-refractivity contribution is -0.156. The van der Waals surface area contributed by atoms with Crippen LogP contribution >= 0.6 is 0 Å². The van der Waals surface area contributed by atoms with Crippen LogP contribution in [0.25, 0.3) is 0 Å². The number of aliphatic hydroxyl groups is 5. The molecule has 7 heteroatoms. The van der Waals surface area contributed by atoms with E-state index in [9.17, 15) is 25.2 Å². The molecule has 0 saturated carbocycles. The molecule has 7 nitrogen and oxygen atoms in total.